The number of ether oxygens (including phenoxy) is 1. The number of aromatic nitrogens is 3. The average Bonchev–Trinajstić information content (AvgIpc) is 2.94. The predicted molar refractivity (Wildman–Crippen MR) is 107 cm³/mol. The first-order valence-electron chi connectivity index (χ1n) is 7.00. The van der Waals surface area contributed by atoms with E-state index in [4.69, 9.17) is 40.2 Å². The molecule has 3 aromatic rings. The number of hydrogen-bond acceptors (Lipinski definition) is 4. The summed E-state index contributed by atoms with van der Waals surface area (Å²) in [6.45, 7) is 0. The van der Waals surface area contributed by atoms with Crippen LogP contribution in [-0.2, 0) is 0 Å². The normalized spacial score (nSPS) is 11.2. The summed E-state index contributed by atoms with van der Waals surface area (Å²) in [7, 11) is 1.61. The lowest BCUT2D eigenvalue weighted by Gasteiger charge is -2.05. The maximum absolute atomic E-state index is 6.26. The third kappa shape index (κ3) is 3.95. The topological polar surface area (TPSA) is 55.2 Å². The standard InChI is InChI=1S/C16H11BrCl2N4OS/c1-24-14-5-2-9(6-12(14)17)8-20-23-15(21-22-16(23)25)11-4-3-10(18)7-13(11)19/h2-8H,1H3,(H,22,25)/b20-8-. The molecule has 0 unspecified atom stereocenters. The maximum Gasteiger partial charge on any atom is 0.216 e. The van der Waals surface area contributed by atoms with Crippen molar-refractivity contribution in [3.8, 4) is 17.1 Å². The number of rotatable bonds is 4. The maximum atomic E-state index is 6.26. The van der Waals surface area contributed by atoms with Gasteiger partial charge in [0.25, 0.3) is 0 Å². The van der Waals surface area contributed by atoms with Gasteiger partial charge in [0, 0.05) is 10.6 Å². The number of methoxy groups -OCH3 is 1. The molecule has 128 valence electrons. The molecular weight excluding hydrogens is 447 g/mol. The van der Waals surface area contributed by atoms with Crippen molar-refractivity contribution in [1.82, 2.24) is 14.9 Å². The number of hydrogen-bond donors (Lipinski definition) is 1. The van der Waals surface area contributed by atoms with Crippen LogP contribution < -0.4 is 4.74 Å². The molecule has 1 heterocycles. The highest BCUT2D eigenvalue weighted by Gasteiger charge is 2.12. The molecule has 2 aromatic carbocycles. The monoisotopic (exact) mass is 456 g/mol. The Balaban J connectivity index is 2.00. The van der Waals surface area contributed by atoms with Crippen LogP contribution in [0, 0.1) is 4.77 Å². The molecule has 0 spiro atoms. The number of nitrogens with one attached hydrogen (secondary N) is 1. The van der Waals surface area contributed by atoms with Gasteiger partial charge in [0.2, 0.25) is 4.77 Å². The first-order chi connectivity index (χ1) is 12.0. The Morgan fingerprint density at radius 3 is 2.76 bits per heavy atom. The smallest absolute Gasteiger partial charge is 0.216 e. The van der Waals surface area contributed by atoms with Crippen molar-refractivity contribution >= 4 is 57.6 Å². The van der Waals surface area contributed by atoms with E-state index in [9.17, 15) is 0 Å². The van der Waals surface area contributed by atoms with E-state index in [-0.39, 0.29) is 0 Å². The molecule has 1 aromatic heterocycles. The second-order valence-corrected chi connectivity index (χ2v) is 7.01. The molecule has 0 atom stereocenters. The summed E-state index contributed by atoms with van der Waals surface area (Å²) < 4.78 is 7.90. The van der Waals surface area contributed by atoms with E-state index in [2.05, 4.69) is 31.2 Å². The van der Waals surface area contributed by atoms with Gasteiger partial charge >= 0.3 is 0 Å². The third-order valence-corrected chi connectivity index (χ3v) is 4.75. The van der Waals surface area contributed by atoms with Gasteiger partial charge in [0.15, 0.2) is 5.82 Å². The van der Waals surface area contributed by atoms with E-state index in [1.165, 1.54) is 4.68 Å². The van der Waals surface area contributed by atoms with Crippen molar-refractivity contribution in [2.45, 2.75) is 0 Å². The van der Waals surface area contributed by atoms with Gasteiger partial charge in [-0.15, -0.1) is 0 Å². The summed E-state index contributed by atoms with van der Waals surface area (Å²) in [5.41, 5.74) is 1.54. The van der Waals surface area contributed by atoms with Crippen LogP contribution in [0.3, 0.4) is 0 Å². The van der Waals surface area contributed by atoms with Crippen LogP contribution in [0.15, 0.2) is 46.0 Å². The van der Waals surface area contributed by atoms with Gasteiger partial charge in [0.05, 0.1) is 22.8 Å². The van der Waals surface area contributed by atoms with Gasteiger partial charge in [-0.05, 0) is 70.1 Å². The molecule has 0 radical (unpaired) electrons. The van der Waals surface area contributed by atoms with E-state index in [1.807, 2.05) is 18.2 Å². The van der Waals surface area contributed by atoms with E-state index in [0.29, 0.717) is 26.2 Å². The summed E-state index contributed by atoms with van der Waals surface area (Å²) in [5.74, 6) is 1.24. The van der Waals surface area contributed by atoms with Crippen LogP contribution in [0.1, 0.15) is 5.56 Å². The molecule has 0 aliphatic carbocycles. The predicted octanol–water partition coefficient (Wildman–Crippen LogP) is 5.57. The zero-order chi connectivity index (χ0) is 18.0. The molecule has 5 nitrogen and oxygen atoms in total. The van der Waals surface area contributed by atoms with Crippen molar-refractivity contribution < 1.29 is 4.74 Å². The van der Waals surface area contributed by atoms with Crippen molar-refractivity contribution in [2.24, 2.45) is 5.10 Å². The van der Waals surface area contributed by atoms with E-state index in [1.54, 1.807) is 31.5 Å². The Morgan fingerprint density at radius 2 is 2.08 bits per heavy atom. The second-order valence-electron chi connectivity index (χ2n) is 4.93. The Hall–Kier alpha value is -1.67. The van der Waals surface area contributed by atoms with Crippen molar-refractivity contribution in [2.75, 3.05) is 7.11 Å². The fraction of sp³-hybridized carbons (Fsp3) is 0.0625. The number of aromatic amines is 1. The summed E-state index contributed by atoms with van der Waals surface area (Å²) in [6.07, 6.45) is 1.67. The van der Waals surface area contributed by atoms with Crippen LogP contribution >= 0.6 is 51.3 Å². The molecule has 0 aliphatic heterocycles. The molecular formula is C16H11BrCl2N4OS. The summed E-state index contributed by atoms with van der Waals surface area (Å²) >= 11 is 20.9. The zero-order valence-corrected chi connectivity index (χ0v) is 16.7. The van der Waals surface area contributed by atoms with Crippen molar-refractivity contribution in [3.63, 3.8) is 0 Å². The lowest BCUT2D eigenvalue weighted by molar-refractivity contribution is 0.412. The minimum absolute atomic E-state index is 0.352. The molecule has 0 amide bonds. The molecule has 25 heavy (non-hydrogen) atoms. The lowest BCUT2D eigenvalue weighted by Crippen LogP contribution is -1.96. The van der Waals surface area contributed by atoms with Gasteiger partial charge in [-0.3, -0.25) is 0 Å². The van der Waals surface area contributed by atoms with Gasteiger partial charge in [-0.1, -0.05) is 23.2 Å². The number of benzene rings is 2. The van der Waals surface area contributed by atoms with Crippen LogP contribution in [0.4, 0.5) is 0 Å². The molecule has 0 saturated heterocycles. The number of nitrogens with zero attached hydrogens (tertiary/aromatic N) is 3. The second kappa shape index (κ2) is 7.70. The molecule has 9 heteroatoms. The van der Waals surface area contributed by atoms with Crippen LogP contribution in [0.2, 0.25) is 10.0 Å². The van der Waals surface area contributed by atoms with Gasteiger partial charge in [0.1, 0.15) is 5.75 Å². The fourth-order valence-electron chi connectivity index (χ4n) is 2.13. The molecule has 0 aliphatic rings. The highest BCUT2D eigenvalue weighted by Crippen LogP contribution is 2.29. The SMILES string of the molecule is COc1ccc(/C=N\n2c(-c3ccc(Cl)cc3Cl)n[nH]c2=S)cc1Br. The Morgan fingerprint density at radius 1 is 1.28 bits per heavy atom. The van der Waals surface area contributed by atoms with Crippen molar-refractivity contribution in [1.29, 1.82) is 0 Å². The lowest BCUT2D eigenvalue weighted by atomic mass is 10.2. The van der Waals surface area contributed by atoms with Crippen LogP contribution in [-0.4, -0.2) is 28.2 Å². The average molecular weight is 458 g/mol. The molecule has 3 rings (SSSR count). The molecule has 1 N–H and O–H groups in total. The molecule has 0 fully saturated rings. The summed E-state index contributed by atoms with van der Waals surface area (Å²) in [5, 5.41) is 12.4. The fourth-order valence-corrected chi connectivity index (χ4v) is 3.36. The Kier molecular flexibility index (Phi) is 5.58. The third-order valence-electron chi connectivity index (χ3n) is 3.32. The largest absolute Gasteiger partial charge is 0.496 e. The van der Waals surface area contributed by atoms with E-state index < -0.39 is 0 Å². The zero-order valence-electron chi connectivity index (χ0n) is 12.8. The minimum atomic E-state index is 0.352. The van der Waals surface area contributed by atoms with E-state index in [0.717, 1.165) is 15.8 Å². The summed E-state index contributed by atoms with van der Waals surface area (Å²) in [4.78, 5) is 0. The first-order valence-corrected chi connectivity index (χ1v) is 8.96. The molecule has 0 bridgehead atoms. The minimum Gasteiger partial charge on any atom is -0.496 e. The van der Waals surface area contributed by atoms with Gasteiger partial charge < -0.3 is 4.74 Å². The van der Waals surface area contributed by atoms with Gasteiger partial charge in [-0.25, -0.2) is 5.10 Å². The Bertz CT molecular complexity index is 1020. The number of H-pyrrole nitrogens is 1. The quantitative estimate of drug-likeness (QED) is 0.411. The van der Waals surface area contributed by atoms with Crippen molar-refractivity contribution in [3.05, 3.63) is 61.3 Å². The van der Waals surface area contributed by atoms with Crippen LogP contribution in [0.5, 0.6) is 5.75 Å². The van der Waals surface area contributed by atoms with E-state index >= 15 is 0 Å². The Labute approximate surface area is 167 Å². The molecule has 0 saturated carbocycles. The van der Waals surface area contributed by atoms with Gasteiger partial charge in [-0.2, -0.15) is 14.9 Å². The highest BCUT2D eigenvalue weighted by atomic mass is 79.9. The highest BCUT2D eigenvalue weighted by molar-refractivity contribution is 9.10. The van der Waals surface area contributed by atoms with Crippen LogP contribution in [0.25, 0.3) is 11.4 Å². The summed E-state index contributed by atoms with van der Waals surface area (Å²) in [6, 6.07) is 10.8. The first kappa shape index (κ1) is 18.1. The number of halogens is 3.